The Balaban J connectivity index is 2.12. The monoisotopic (exact) mass is 261 g/mol. The first kappa shape index (κ1) is 13.0. The van der Waals surface area contributed by atoms with Gasteiger partial charge >= 0.3 is 5.97 Å². The van der Waals surface area contributed by atoms with Crippen molar-refractivity contribution >= 4 is 19.6 Å². The summed E-state index contributed by atoms with van der Waals surface area (Å²) in [6.45, 7) is 4.35. The average molecular weight is 261 g/mol. The molecule has 4 nitrogen and oxygen atoms in total. The van der Waals surface area contributed by atoms with Crippen LogP contribution in [0.5, 0.6) is 0 Å². The number of carboxylic acid groups (broad SMARTS) is 1. The molecule has 3 fully saturated rings. The van der Waals surface area contributed by atoms with E-state index >= 15 is 0 Å². The molecule has 5 heteroatoms. The Morgan fingerprint density at radius 3 is 2.63 bits per heavy atom. The SMILES string of the molecule is [B]C(=O)N1C2CCCC23C(C)CC(C)C3[C@H]1C(=O)O. The van der Waals surface area contributed by atoms with Crippen molar-refractivity contribution in [1.29, 1.82) is 0 Å². The molecule has 19 heavy (non-hydrogen) atoms. The van der Waals surface area contributed by atoms with Crippen LogP contribution in [0.2, 0.25) is 0 Å². The van der Waals surface area contributed by atoms with E-state index in [2.05, 4.69) is 13.8 Å². The van der Waals surface area contributed by atoms with Gasteiger partial charge in [-0.05, 0) is 36.5 Å². The third kappa shape index (κ3) is 1.42. The Hall–Kier alpha value is -0.995. The van der Waals surface area contributed by atoms with Gasteiger partial charge in [-0.3, -0.25) is 4.79 Å². The highest BCUT2D eigenvalue weighted by Crippen LogP contribution is 2.66. The van der Waals surface area contributed by atoms with Crippen molar-refractivity contribution in [2.24, 2.45) is 23.2 Å². The van der Waals surface area contributed by atoms with Crippen LogP contribution in [-0.2, 0) is 4.79 Å². The fraction of sp³-hybridized carbons (Fsp3) is 0.857. The van der Waals surface area contributed by atoms with Crippen LogP contribution < -0.4 is 0 Å². The van der Waals surface area contributed by atoms with Crippen molar-refractivity contribution < 1.29 is 14.7 Å². The predicted octanol–water partition coefficient (Wildman–Crippen LogP) is 1.87. The smallest absolute Gasteiger partial charge is 0.326 e. The summed E-state index contributed by atoms with van der Waals surface area (Å²) in [6.07, 6.45) is 4.09. The maximum atomic E-state index is 11.8. The van der Waals surface area contributed by atoms with Gasteiger partial charge in [0.1, 0.15) is 6.04 Å². The Morgan fingerprint density at radius 1 is 1.37 bits per heavy atom. The quantitative estimate of drug-likeness (QED) is 0.733. The molecule has 6 atom stereocenters. The minimum Gasteiger partial charge on any atom is -0.480 e. The van der Waals surface area contributed by atoms with Gasteiger partial charge in [-0.2, -0.15) is 0 Å². The highest BCUT2D eigenvalue weighted by molar-refractivity contribution is 6.57. The number of rotatable bonds is 1. The Bertz CT molecular complexity index is 440. The van der Waals surface area contributed by atoms with Crippen molar-refractivity contribution in [3.8, 4) is 0 Å². The van der Waals surface area contributed by atoms with Crippen LogP contribution in [0.1, 0.15) is 39.5 Å². The molecule has 0 aromatic heterocycles. The van der Waals surface area contributed by atoms with Gasteiger partial charge in [0.05, 0.1) is 0 Å². The molecule has 0 aromatic carbocycles. The van der Waals surface area contributed by atoms with Gasteiger partial charge in [0.25, 0.3) is 0 Å². The maximum Gasteiger partial charge on any atom is 0.326 e. The first-order chi connectivity index (χ1) is 8.91. The average Bonchev–Trinajstić information content (AvgIpc) is 2.87. The largest absolute Gasteiger partial charge is 0.480 e. The van der Waals surface area contributed by atoms with E-state index in [1.807, 2.05) is 0 Å². The Labute approximate surface area is 114 Å². The predicted molar refractivity (Wildman–Crippen MR) is 70.9 cm³/mol. The minimum atomic E-state index is -0.890. The van der Waals surface area contributed by atoms with E-state index in [-0.39, 0.29) is 17.4 Å². The number of aliphatic carboxylic acids is 1. The number of amides is 1. The minimum absolute atomic E-state index is 0.00248. The summed E-state index contributed by atoms with van der Waals surface area (Å²) in [4.78, 5) is 25.0. The molecule has 102 valence electrons. The normalized spacial score (nSPS) is 48.1. The van der Waals surface area contributed by atoms with E-state index in [1.54, 1.807) is 0 Å². The molecule has 1 saturated heterocycles. The number of nitrogens with zero attached hydrogens (tertiary/aromatic N) is 1. The van der Waals surface area contributed by atoms with Gasteiger partial charge in [-0.25, -0.2) is 4.79 Å². The molecule has 0 bridgehead atoms. The van der Waals surface area contributed by atoms with Crippen molar-refractivity contribution in [1.82, 2.24) is 4.90 Å². The number of likely N-dealkylation sites (tertiary alicyclic amines) is 1. The highest BCUT2D eigenvalue weighted by atomic mass is 16.4. The second kappa shape index (κ2) is 4.00. The molecule has 2 aliphatic carbocycles. The fourth-order valence-electron chi connectivity index (χ4n) is 5.72. The molecule has 1 spiro atoms. The number of carboxylic acids is 1. The van der Waals surface area contributed by atoms with Gasteiger partial charge in [-0.1, -0.05) is 20.3 Å². The van der Waals surface area contributed by atoms with Crippen LogP contribution in [0.25, 0.3) is 0 Å². The first-order valence-electron chi connectivity index (χ1n) is 7.21. The molecule has 3 rings (SSSR count). The summed E-state index contributed by atoms with van der Waals surface area (Å²) >= 11 is 0. The lowest BCUT2D eigenvalue weighted by molar-refractivity contribution is -0.143. The van der Waals surface area contributed by atoms with Crippen molar-refractivity contribution in [3.63, 3.8) is 0 Å². The van der Waals surface area contributed by atoms with Crippen molar-refractivity contribution in [2.75, 3.05) is 0 Å². The summed E-state index contributed by atoms with van der Waals surface area (Å²) in [5.41, 5.74) is -0.00248. The molecule has 1 amide bonds. The van der Waals surface area contributed by atoms with Gasteiger partial charge in [0.2, 0.25) is 7.85 Å². The van der Waals surface area contributed by atoms with Gasteiger partial charge in [0.15, 0.2) is 5.81 Å². The van der Waals surface area contributed by atoms with Crippen molar-refractivity contribution in [2.45, 2.75) is 51.6 Å². The second-order valence-corrected chi connectivity index (χ2v) is 6.69. The molecule has 3 aliphatic rings. The lowest BCUT2D eigenvalue weighted by Gasteiger charge is -2.35. The zero-order valence-electron chi connectivity index (χ0n) is 11.5. The second-order valence-electron chi connectivity index (χ2n) is 6.69. The zero-order valence-corrected chi connectivity index (χ0v) is 11.5. The van der Waals surface area contributed by atoms with Gasteiger partial charge in [0, 0.05) is 12.0 Å². The topological polar surface area (TPSA) is 57.6 Å². The zero-order chi connectivity index (χ0) is 13.9. The molecule has 5 unspecified atom stereocenters. The van der Waals surface area contributed by atoms with Crippen LogP contribution in [0, 0.1) is 23.2 Å². The molecule has 1 aliphatic heterocycles. The molecular weight excluding hydrogens is 241 g/mol. The van der Waals surface area contributed by atoms with Crippen LogP contribution in [-0.4, -0.2) is 41.7 Å². The number of carbonyl (C=O) groups is 2. The number of hydrogen-bond donors (Lipinski definition) is 1. The third-order valence-electron chi connectivity index (χ3n) is 6.07. The van der Waals surface area contributed by atoms with E-state index in [9.17, 15) is 14.7 Å². The molecular formula is C14H20BNO3. The summed E-state index contributed by atoms with van der Waals surface area (Å²) in [5.74, 6) is -0.557. The number of hydrogen-bond acceptors (Lipinski definition) is 2. The summed E-state index contributed by atoms with van der Waals surface area (Å²) in [6, 6.07) is -0.682. The molecule has 2 saturated carbocycles. The van der Waals surface area contributed by atoms with Gasteiger partial charge < -0.3 is 10.0 Å². The van der Waals surface area contributed by atoms with Crippen LogP contribution >= 0.6 is 0 Å². The van der Waals surface area contributed by atoms with Crippen molar-refractivity contribution in [3.05, 3.63) is 0 Å². The standard InChI is InChI=1S/C14H20BNO3/c1-7-6-8(2)14-5-3-4-9(14)16(13(15)19)11(10(7)14)12(17)18/h7-11H,3-6H2,1-2H3,(H,17,18)/t7?,8?,9?,10?,11-,14?/m0/s1. The van der Waals surface area contributed by atoms with Crippen LogP contribution in [0.15, 0.2) is 0 Å². The molecule has 0 aromatic rings. The molecule has 2 radical (unpaired) electrons. The maximum absolute atomic E-state index is 11.8. The lowest BCUT2D eigenvalue weighted by Crippen LogP contribution is -2.47. The van der Waals surface area contributed by atoms with E-state index < -0.39 is 17.8 Å². The molecule has 1 N–H and O–H groups in total. The summed E-state index contributed by atoms with van der Waals surface area (Å²) in [5, 5.41) is 9.59. The van der Waals surface area contributed by atoms with Gasteiger partial charge in [-0.15, -0.1) is 0 Å². The highest BCUT2D eigenvalue weighted by Gasteiger charge is 2.69. The van der Waals surface area contributed by atoms with E-state index in [0.717, 1.165) is 25.7 Å². The van der Waals surface area contributed by atoms with Crippen LogP contribution in [0.4, 0.5) is 4.79 Å². The number of carbonyl (C=O) groups excluding carboxylic acids is 1. The fourth-order valence-corrected chi connectivity index (χ4v) is 5.72. The van der Waals surface area contributed by atoms with E-state index in [1.165, 1.54) is 4.90 Å². The van der Waals surface area contributed by atoms with Crippen LogP contribution in [0.3, 0.4) is 0 Å². The Kier molecular flexibility index (Phi) is 2.74. The first-order valence-corrected chi connectivity index (χ1v) is 7.21. The van der Waals surface area contributed by atoms with E-state index in [4.69, 9.17) is 7.85 Å². The lowest BCUT2D eigenvalue weighted by atomic mass is 9.69. The third-order valence-corrected chi connectivity index (χ3v) is 6.07. The van der Waals surface area contributed by atoms with E-state index in [0.29, 0.717) is 11.8 Å². The summed E-state index contributed by atoms with van der Waals surface area (Å²) < 4.78 is 0. The molecule has 1 heterocycles. The Morgan fingerprint density at radius 2 is 2.05 bits per heavy atom. The summed E-state index contributed by atoms with van der Waals surface area (Å²) in [7, 11) is 5.50.